The maximum absolute atomic E-state index is 11.4. The van der Waals surface area contributed by atoms with Crippen LogP contribution in [0.25, 0.3) is 0 Å². The fourth-order valence-electron chi connectivity index (χ4n) is 1.73. The Balaban J connectivity index is 2.79. The number of carbonyl (C=O) groups is 2. The van der Waals surface area contributed by atoms with Gasteiger partial charge in [0.1, 0.15) is 6.04 Å². The van der Waals surface area contributed by atoms with E-state index in [1.807, 2.05) is 0 Å². The molecule has 2 unspecified atom stereocenters. The van der Waals surface area contributed by atoms with E-state index in [-0.39, 0.29) is 23.6 Å². The molecule has 0 bridgehead atoms. The van der Waals surface area contributed by atoms with Crippen molar-refractivity contribution in [1.29, 1.82) is 0 Å². The van der Waals surface area contributed by atoms with E-state index in [1.165, 1.54) is 4.90 Å². The Morgan fingerprint density at radius 1 is 1.64 bits per heavy atom. The number of rotatable bonds is 3. The van der Waals surface area contributed by atoms with Gasteiger partial charge in [0.25, 0.3) is 0 Å². The van der Waals surface area contributed by atoms with Gasteiger partial charge in [0.15, 0.2) is 0 Å². The van der Waals surface area contributed by atoms with E-state index < -0.39 is 12.0 Å². The van der Waals surface area contributed by atoms with Crippen molar-refractivity contribution >= 4 is 23.5 Å². The average molecular weight is 220 g/mol. The van der Waals surface area contributed by atoms with Crippen LogP contribution in [0.4, 0.5) is 0 Å². The van der Waals surface area contributed by atoms with Gasteiger partial charge in [0.2, 0.25) is 5.91 Å². The van der Waals surface area contributed by atoms with Crippen LogP contribution in [-0.4, -0.2) is 39.8 Å². The molecule has 0 aromatic heterocycles. The Kier molecular flexibility index (Phi) is 3.37. The predicted octanol–water partition coefficient (Wildman–Crippen LogP) is 0.935. The highest BCUT2D eigenvalue weighted by molar-refractivity contribution is 6.22. The highest BCUT2D eigenvalue weighted by Crippen LogP contribution is 2.22. The van der Waals surface area contributed by atoms with Gasteiger partial charge in [0.05, 0.1) is 5.38 Å². The number of likely N-dealkylation sites (tertiary alicyclic amines) is 1. The third-order valence-electron chi connectivity index (χ3n) is 2.33. The summed E-state index contributed by atoms with van der Waals surface area (Å²) in [6.45, 7) is 3.91. The van der Waals surface area contributed by atoms with E-state index in [9.17, 15) is 9.59 Å². The van der Waals surface area contributed by atoms with Gasteiger partial charge < -0.3 is 10.0 Å². The lowest BCUT2D eigenvalue weighted by Crippen LogP contribution is -2.45. The minimum absolute atomic E-state index is 0.0987. The van der Waals surface area contributed by atoms with Gasteiger partial charge in [-0.2, -0.15) is 0 Å². The lowest BCUT2D eigenvalue weighted by molar-refractivity contribution is -0.150. The number of nitrogens with zero attached hydrogens (tertiary/aromatic N) is 1. The van der Waals surface area contributed by atoms with Gasteiger partial charge in [-0.05, 0) is 5.92 Å². The first-order valence-electron chi connectivity index (χ1n) is 4.59. The number of carboxylic acid groups (broad SMARTS) is 1. The second-order valence-corrected chi connectivity index (χ2v) is 4.49. The standard InChI is InChI=1S/C9H14ClNO3/c1-5(2)8(9(13)14)11-4-6(10)3-7(11)12/h5-6,8H,3-4H2,1-2H3,(H,13,14). The SMILES string of the molecule is CC(C)C(C(=O)O)N1CC(Cl)CC1=O. The maximum atomic E-state index is 11.4. The van der Waals surface area contributed by atoms with Gasteiger partial charge >= 0.3 is 5.97 Å². The van der Waals surface area contributed by atoms with Gasteiger partial charge in [-0.3, -0.25) is 4.79 Å². The highest BCUT2D eigenvalue weighted by atomic mass is 35.5. The summed E-state index contributed by atoms with van der Waals surface area (Å²) in [7, 11) is 0. The van der Waals surface area contributed by atoms with Crippen LogP contribution in [0, 0.1) is 5.92 Å². The van der Waals surface area contributed by atoms with Crippen LogP contribution in [0.5, 0.6) is 0 Å². The predicted molar refractivity (Wildman–Crippen MR) is 52.2 cm³/mol. The summed E-state index contributed by atoms with van der Waals surface area (Å²) in [4.78, 5) is 23.7. The molecule has 1 amide bonds. The molecule has 1 saturated heterocycles. The van der Waals surface area contributed by atoms with Crippen molar-refractivity contribution in [2.75, 3.05) is 6.54 Å². The smallest absolute Gasteiger partial charge is 0.326 e. The van der Waals surface area contributed by atoms with Crippen molar-refractivity contribution in [2.45, 2.75) is 31.7 Å². The Bertz CT molecular complexity index is 254. The Morgan fingerprint density at radius 2 is 2.21 bits per heavy atom. The largest absolute Gasteiger partial charge is 0.480 e. The van der Waals surface area contributed by atoms with Crippen LogP contribution in [0.3, 0.4) is 0 Å². The van der Waals surface area contributed by atoms with Crippen LogP contribution >= 0.6 is 11.6 Å². The first kappa shape index (κ1) is 11.3. The molecule has 0 aromatic rings. The van der Waals surface area contributed by atoms with Crippen LogP contribution in [0.2, 0.25) is 0 Å². The minimum atomic E-state index is -0.959. The average Bonchev–Trinajstić information content (AvgIpc) is 2.29. The van der Waals surface area contributed by atoms with Crippen molar-refractivity contribution in [1.82, 2.24) is 4.90 Å². The van der Waals surface area contributed by atoms with Crippen molar-refractivity contribution in [2.24, 2.45) is 5.92 Å². The third-order valence-corrected chi connectivity index (χ3v) is 2.62. The summed E-state index contributed by atoms with van der Waals surface area (Å²) in [5.41, 5.74) is 0. The van der Waals surface area contributed by atoms with E-state index in [0.717, 1.165) is 0 Å². The molecule has 14 heavy (non-hydrogen) atoms. The number of carboxylic acids is 1. The molecule has 0 radical (unpaired) electrons. The molecular weight excluding hydrogens is 206 g/mol. The third kappa shape index (κ3) is 2.18. The van der Waals surface area contributed by atoms with Crippen LogP contribution in [0.1, 0.15) is 20.3 Å². The van der Waals surface area contributed by atoms with E-state index in [0.29, 0.717) is 6.54 Å². The lowest BCUT2D eigenvalue weighted by atomic mass is 10.0. The summed E-state index contributed by atoms with van der Waals surface area (Å²) in [5, 5.41) is 8.72. The zero-order valence-corrected chi connectivity index (χ0v) is 8.99. The summed E-state index contributed by atoms with van der Waals surface area (Å²) in [6, 6.07) is -0.744. The van der Waals surface area contributed by atoms with E-state index >= 15 is 0 Å². The Labute approximate surface area is 87.8 Å². The number of amides is 1. The lowest BCUT2D eigenvalue weighted by Gasteiger charge is -2.27. The normalized spacial score (nSPS) is 24.4. The monoisotopic (exact) mass is 219 g/mol. The van der Waals surface area contributed by atoms with Crippen molar-refractivity contribution in [3.8, 4) is 0 Å². The molecule has 1 N–H and O–H groups in total. The number of aliphatic carboxylic acids is 1. The molecule has 0 aliphatic carbocycles. The molecule has 5 heteroatoms. The van der Waals surface area contributed by atoms with Crippen LogP contribution in [0.15, 0.2) is 0 Å². The second-order valence-electron chi connectivity index (χ2n) is 3.87. The molecular formula is C9H14ClNO3. The molecule has 1 rings (SSSR count). The summed E-state index contributed by atoms with van der Waals surface area (Å²) in [5.74, 6) is -1.22. The van der Waals surface area contributed by atoms with Gasteiger partial charge in [-0.1, -0.05) is 13.8 Å². The number of hydrogen-bond acceptors (Lipinski definition) is 2. The molecule has 1 aliphatic rings. The van der Waals surface area contributed by atoms with E-state index in [4.69, 9.17) is 16.7 Å². The van der Waals surface area contributed by atoms with Crippen LogP contribution < -0.4 is 0 Å². The highest BCUT2D eigenvalue weighted by Gasteiger charge is 2.38. The van der Waals surface area contributed by atoms with E-state index in [1.54, 1.807) is 13.8 Å². The summed E-state index contributed by atoms with van der Waals surface area (Å²) < 4.78 is 0. The fraction of sp³-hybridized carbons (Fsp3) is 0.778. The van der Waals surface area contributed by atoms with Gasteiger partial charge in [-0.15, -0.1) is 11.6 Å². The topological polar surface area (TPSA) is 57.6 Å². The van der Waals surface area contributed by atoms with Crippen molar-refractivity contribution in [3.63, 3.8) is 0 Å². The van der Waals surface area contributed by atoms with Gasteiger partial charge in [0, 0.05) is 13.0 Å². The number of alkyl halides is 1. The first-order valence-corrected chi connectivity index (χ1v) is 5.03. The zero-order valence-electron chi connectivity index (χ0n) is 8.24. The fourth-order valence-corrected chi connectivity index (χ4v) is 2.01. The Hall–Kier alpha value is -0.770. The zero-order chi connectivity index (χ0) is 10.9. The molecule has 1 heterocycles. The van der Waals surface area contributed by atoms with Gasteiger partial charge in [-0.25, -0.2) is 4.79 Å². The quantitative estimate of drug-likeness (QED) is 0.719. The molecule has 0 spiro atoms. The van der Waals surface area contributed by atoms with Crippen molar-refractivity contribution in [3.05, 3.63) is 0 Å². The molecule has 80 valence electrons. The number of halogens is 1. The maximum Gasteiger partial charge on any atom is 0.326 e. The summed E-state index contributed by atoms with van der Waals surface area (Å²) in [6.07, 6.45) is 0.248. The van der Waals surface area contributed by atoms with Crippen molar-refractivity contribution < 1.29 is 14.7 Å². The molecule has 1 aliphatic heterocycles. The Morgan fingerprint density at radius 3 is 2.50 bits per heavy atom. The minimum Gasteiger partial charge on any atom is -0.480 e. The molecule has 4 nitrogen and oxygen atoms in total. The van der Waals surface area contributed by atoms with Crippen LogP contribution in [-0.2, 0) is 9.59 Å². The number of carbonyl (C=O) groups excluding carboxylic acids is 1. The molecule has 1 fully saturated rings. The molecule has 0 saturated carbocycles. The molecule has 2 atom stereocenters. The van der Waals surface area contributed by atoms with E-state index in [2.05, 4.69) is 0 Å². The first-order chi connectivity index (χ1) is 6.43. The number of hydrogen-bond donors (Lipinski definition) is 1. The summed E-state index contributed by atoms with van der Waals surface area (Å²) >= 11 is 5.80. The molecule has 0 aromatic carbocycles. The second kappa shape index (κ2) is 4.17.